The highest BCUT2D eigenvalue weighted by Gasteiger charge is 2.23. The molecule has 1 aromatic carbocycles. The molecule has 2 rings (SSSR count). The van der Waals surface area contributed by atoms with Gasteiger partial charge >= 0.3 is 0 Å². The molecule has 0 aliphatic carbocycles. The lowest BCUT2D eigenvalue weighted by Gasteiger charge is -2.34. The third-order valence-corrected chi connectivity index (χ3v) is 3.90. The van der Waals surface area contributed by atoms with Crippen LogP contribution in [0.15, 0.2) is 30.3 Å². The Balaban J connectivity index is 2.12. The average molecular weight is 284 g/mol. The van der Waals surface area contributed by atoms with Gasteiger partial charge in [-0.3, -0.25) is 4.90 Å². The molecule has 0 amide bonds. The Labute approximate surface area is 114 Å². The van der Waals surface area contributed by atoms with Crippen LogP contribution >= 0.6 is 0 Å². The van der Waals surface area contributed by atoms with Gasteiger partial charge in [0, 0.05) is 25.7 Å². The van der Waals surface area contributed by atoms with E-state index in [0.29, 0.717) is 19.8 Å². The third kappa shape index (κ3) is 4.58. The topological polar surface area (TPSA) is 58.6 Å². The van der Waals surface area contributed by atoms with Crippen LogP contribution in [0.3, 0.4) is 0 Å². The first-order valence-electron chi connectivity index (χ1n) is 6.37. The van der Waals surface area contributed by atoms with Crippen LogP contribution in [-0.4, -0.2) is 52.4 Å². The van der Waals surface area contributed by atoms with Crippen molar-refractivity contribution in [3.05, 3.63) is 35.9 Å². The van der Waals surface area contributed by atoms with E-state index < -0.39 is 10.0 Å². The first-order valence-corrected chi connectivity index (χ1v) is 8.27. The summed E-state index contributed by atoms with van der Waals surface area (Å²) in [5.41, 5.74) is 1.13. The molecule has 1 atom stereocenters. The maximum atomic E-state index is 11.3. The Bertz CT molecular complexity index is 484. The van der Waals surface area contributed by atoms with Crippen LogP contribution in [0, 0.1) is 0 Å². The monoisotopic (exact) mass is 284 g/mol. The molecule has 0 radical (unpaired) electrons. The van der Waals surface area contributed by atoms with Crippen molar-refractivity contribution in [1.29, 1.82) is 0 Å². The molecule has 1 aliphatic heterocycles. The number of hydrogen-bond acceptors (Lipinski definition) is 4. The van der Waals surface area contributed by atoms with E-state index in [1.807, 2.05) is 30.3 Å². The van der Waals surface area contributed by atoms with Crippen LogP contribution in [0.2, 0.25) is 0 Å². The van der Waals surface area contributed by atoms with E-state index in [2.05, 4.69) is 9.62 Å². The summed E-state index contributed by atoms with van der Waals surface area (Å²) in [7, 11) is -3.17. The van der Waals surface area contributed by atoms with Crippen molar-refractivity contribution in [2.75, 3.05) is 39.1 Å². The van der Waals surface area contributed by atoms with Gasteiger partial charge in [-0.15, -0.1) is 0 Å². The molecule has 19 heavy (non-hydrogen) atoms. The molecule has 1 aromatic rings. The van der Waals surface area contributed by atoms with Crippen LogP contribution in [0.5, 0.6) is 0 Å². The third-order valence-electron chi connectivity index (χ3n) is 3.21. The Morgan fingerprint density at radius 1 is 1.26 bits per heavy atom. The minimum Gasteiger partial charge on any atom is -0.379 e. The van der Waals surface area contributed by atoms with E-state index in [9.17, 15) is 8.42 Å². The van der Waals surface area contributed by atoms with Crippen LogP contribution in [0.4, 0.5) is 0 Å². The summed E-state index contributed by atoms with van der Waals surface area (Å²) in [5, 5.41) is 0. The molecular formula is C13H20N2O3S. The summed E-state index contributed by atoms with van der Waals surface area (Å²) >= 11 is 0. The van der Waals surface area contributed by atoms with Gasteiger partial charge in [0.1, 0.15) is 0 Å². The van der Waals surface area contributed by atoms with Crippen LogP contribution in [-0.2, 0) is 14.8 Å². The molecule has 106 valence electrons. The molecule has 1 saturated heterocycles. The first-order chi connectivity index (χ1) is 9.06. The second kappa shape index (κ2) is 6.47. The highest BCUT2D eigenvalue weighted by molar-refractivity contribution is 7.88. The molecule has 0 spiro atoms. The number of nitrogens with zero attached hydrogens (tertiary/aromatic N) is 1. The fourth-order valence-corrected chi connectivity index (χ4v) is 2.71. The van der Waals surface area contributed by atoms with E-state index in [-0.39, 0.29) is 6.04 Å². The Morgan fingerprint density at radius 2 is 1.89 bits per heavy atom. The normalized spacial score (nSPS) is 19.2. The minimum atomic E-state index is -3.17. The number of sulfonamides is 1. The molecule has 6 heteroatoms. The lowest BCUT2D eigenvalue weighted by Crippen LogP contribution is -2.43. The van der Waals surface area contributed by atoms with Crippen molar-refractivity contribution in [3.63, 3.8) is 0 Å². The highest BCUT2D eigenvalue weighted by Crippen LogP contribution is 2.21. The number of ether oxygens (including phenoxy) is 1. The SMILES string of the molecule is CS(=O)(=O)NC[C@@H](c1ccccc1)N1CCOCC1. The number of benzene rings is 1. The van der Waals surface area contributed by atoms with Gasteiger partial charge in [0.05, 0.1) is 19.5 Å². The fourth-order valence-electron chi connectivity index (χ4n) is 2.25. The van der Waals surface area contributed by atoms with Crippen molar-refractivity contribution < 1.29 is 13.2 Å². The second-order valence-electron chi connectivity index (χ2n) is 4.70. The van der Waals surface area contributed by atoms with Crippen LogP contribution in [0.1, 0.15) is 11.6 Å². The zero-order valence-corrected chi connectivity index (χ0v) is 11.9. The van der Waals surface area contributed by atoms with Gasteiger partial charge in [-0.25, -0.2) is 13.1 Å². The first kappa shape index (κ1) is 14.5. The van der Waals surface area contributed by atoms with Gasteiger partial charge < -0.3 is 4.74 Å². The maximum absolute atomic E-state index is 11.3. The molecule has 1 N–H and O–H groups in total. The summed E-state index contributed by atoms with van der Waals surface area (Å²) in [5.74, 6) is 0. The molecule has 1 aliphatic rings. The quantitative estimate of drug-likeness (QED) is 0.860. The predicted molar refractivity (Wildman–Crippen MR) is 74.4 cm³/mol. The average Bonchev–Trinajstić information content (AvgIpc) is 2.40. The van der Waals surface area contributed by atoms with E-state index in [4.69, 9.17) is 4.74 Å². The summed E-state index contributed by atoms with van der Waals surface area (Å²) in [4.78, 5) is 2.26. The minimum absolute atomic E-state index is 0.0554. The summed E-state index contributed by atoms with van der Waals surface area (Å²) in [6.07, 6.45) is 1.19. The summed E-state index contributed by atoms with van der Waals surface area (Å²) < 4.78 is 30.5. The molecule has 0 aromatic heterocycles. The van der Waals surface area contributed by atoms with Crippen molar-refractivity contribution in [2.45, 2.75) is 6.04 Å². The van der Waals surface area contributed by atoms with Crippen molar-refractivity contribution in [3.8, 4) is 0 Å². The van der Waals surface area contributed by atoms with E-state index in [1.165, 1.54) is 6.26 Å². The second-order valence-corrected chi connectivity index (χ2v) is 6.53. The lowest BCUT2D eigenvalue weighted by molar-refractivity contribution is 0.0172. The highest BCUT2D eigenvalue weighted by atomic mass is 32.2. The van der Waals surface area contributed by atoms with Gasteiger partial charge in [-0.05, 0) is 5.56 Å². The molecule has 0 saturated carbocycles. The number of rotatable bonds is 5. The Morgan fingerprint density at radius 3 is 2.47 bits per heavy atom. The zero-order chi connectivity index (χ0) is 13.7. The molecule has 0 unspecified atom stereocenters. The molecular weight excluding hydrogens is 264 g/mol. The van der Waals surface area contributed by atoms with E-state index in [1.54, 1.807) is 0 Å². The standard InChI is InChI=1S/C13H20N2O3S/c1-19(16,17)14-11-13(12-5-3-2-4-6-12)15-7-9-18-10-8-15/h2-6,13-14H,7-11H2,1H3/t13-/m0/s1. The van der Waals surface area contributed by atoms with Gasteiger partial charge in [0.25, 0.3) is 0 Å². The smallest absolute Gasteiger partial charge is 0.208 e. The van der Waals surface area contributed by atoms with E-state index in [0.717, 1.165) is 18.7 Å². The zero-order valence-electron chi connectivity index (χ0n) is 11.1. The number of nitrogens with one attached hydrogen (secondary N) is 1. The molecule has 1 fully saturated rings. The van der Waals surface area contributed by atoms with Gasteiger partial charge in [0.2, 0.25) is 10.0 Å². The molecule has 0 bridgehead atoms. The molecule has 1 heterocycles. The van der Waals surface area contributed by atoms with Crippen molar-refractivity contribution >= 4 is 10.0 Å². The largest absolute Gasteiger partial charge is 0.379 e. The number of morpholine rings is 1. The number of hydrogen-bond donors (Lipinski definition) is 1. The maximum Gasteiger partial charge on any atom is 0.208 e. The summed E-state index contributed by atoms with van der Waals surface area (Å²) in [6, 6.07) is 10.0. The summed E-state index contributed by atoms with van der Waals surface area (Å²) in [6.45, 7) is 3.43. The van der Waals surface area contributed by atoms with Gasteiger partial charge in [-0.2, -0.15) is 0 Å². The lowest BCUT2D eigenvalue weighted by atomic mass is 10.1. The van der Waals surface area contributed by atoms with Crippen molar-refractivity contribution in [2.24, 2.45) is 0 Å². The van der Waals surface area contributed by atoms with Crippen LogP contribution < -0.4 is 4.72 Å². The Hall–Kier alpha value is -0.950. The van der Waals surface area contributed by atoms with Crippen molar-refractivity contribution in [1.82, 2.24) is 9.62 Å². The Kier molecular flexibility index (Phi) is 4.93. The predicted octanol–water partition coefficient (Wildman–Crippen LogP) is 0.609. The van der Waals surface area contributed by atoms with E-state index >= 15 is 0 Å². The fraction of sp³-hybridized carbons (Fsp3) is 0.538. The molecule has 5 nitrogen and oxygen atoms in total. The van der Waals surface area contributed by atoms with Gasteiger partial charge in [0.15, 0.2) is 0 Å². The van der Waals surface area contributed by atoms with Crippen LogP contribution in [0.25, 0.3) is 0 Å². The van der Waals surface area contributed by atoms with Gasteiger partial charge in [-0.1, -0.05) is 30.3 Å².